The molecular formula is C18H20N2O5S. The van der Waals surface area contributed by atoms with Gasteiger partial charge in [0, 0.05) is 17.0 Å². The summed E-state index contributed by atoms with van der Waals surface area (Å²) in [6.07, 6.45) is 0. The smallest absolute Gasteiger partial charge is 0.271 e. The van der Waals surface area contributed by atoms with Gasteiger partial charge in [-0.3, -0.25) is 14.9 Å². The summed E-state index contributed by atoms with van der Waals surface area (Å²) in [5.74, 6) is 0.953. The molecule has 0 aliphatic carbocycles. The van der Waals surface area contributed by atoms with Crippen LogP contribution in [0.5, 0.6) is 11.5 Å². The second-order valence-electron chi connectivity index (χ2n) is 5.52. The molecular weight excluding hydrogens is 356 g/mol. The zero-order valence-corrected chi connectivity index (χ0v) is 15.8. The molecule has 0 fully saturated rings. The minimum absolute atomic E-state index is 0.0638. The van der Waals surface area contributed by atoms with Crippen LogP contribution in [-0.2, 0) is 4.79 Å². The SMILES string of the molecule is COc1ccc(S[C@H](C)C(=O)Nc2cc([N+](=O)[O-])ccc2C)cc1OC. The predicted octanol–water partition coefficient (Wildman–Crippen LogP) is 4.04. The number of hydrogen-bond acceptors (Lipinski definition) is 6. The maximum Gasteiger partial charge on any atom is 0.271 e. The monoisotopic (exact) mass is 376 g/mol. The third kappa shape index (κ3) is 4.66. The molecule has 1 N–H and O–H groups in total. The lowest BCUT2D eigenvalue weighted by Crippen LogP contribution is -2.22. The highest BCUT2D eigenvalue weighted by Gasteiger charge is 2.18. The molecule has 0 heterocycles. The van der Waals surface area contributed by atoms with Gasteiger partial charge in [0.05, 0.1) is 30.1 Å². The highest BCUT2D eigenvalue weighted by Crippen LogP contribution is 2.34. The van der Waals surface area contributed by atoms with Crippen molar-refractivity contribution in [1.82, 2.24) is 0 Å². The quantitative estimate of drug-likeness (QED) is 0.445. The van der Waals surface area contributed by atoms with E-state index in [0.29, 0.717) is 17.2 Å². The van der Waals surface area contributed by atoms with Gasteiger partial charge < -0.3 is 14.8 Å². The molecule has 2 aromatic carbocycles. The Balaban J connectivity index is 2.11. The molecule has 0 spiro atoms. The van der Waals surface area contributed by atoms with Crippen LogP contribution in [0.3, 0.4) is 0 Å². The summed E-state index contributed by atoms with van der Waals surface area (Å²) >= 11 is 1.35. The van der Waals surface area contributed by atoms with Gasteiger partial charge in [0.2, 0.25) is 5.91 Å². The molecule has 1 atom stereocenters. The van der Waals surface area contributed by atoms with Crippen LogP contribution in [0.4, 0.5) is 11.4 Å². The number of methoxy groups -OCH3 is 2. The molecule has 1 amide bonds. The number of thioether (sulfide) groups is 1. The number of nitrogens with one attached hydrogen (secondary N) is 1. The number of hydrogen-bond donors (Lipinski definition) is 1. The van der Waals surface area contributed by atoms with E-state index in [1.54, 1.807) is 46.3 Å². The van der Waals surface area contributed by atoms with E-state index >= 15 is 0 Å². The van der Waals surface area contributed by atoms with E-state index in [1.165, 1.54) is 23.9 Å². The number of benzene rings is 2. The van der Waals surface area contributed by atoms with E-state index in [9.17, 15) is 14.9 Å². The third-order valence-corrected chi connectivity index (χ3v) is 4.82. The summed E-state index contributed by atoms with van der Waals surface area (Å²) in [5, 5.41) is 13.3. The van der Waals surface area contributed by atoms with Crippen LogP contribution < -0.4 is 14.8 Å². The first kappa shape index (κ1) is 19.6. The number of non-ortho nitro benzene ring substituents is 1. The van der Waals surface area contributed by atoms with Crippen LogP contribution in [0.1, 0.15) is 12.5 Å². The highest BCUT2D eigenvalue weighted by molar-refractivity contribution is 8.00. The van der Waals surface area contributed by atoms with Crippen LogP contribution in [0.25, 0.3) is 0 Å². The van der Waals surface area contributed by atoms with Crippen molar-refractivity contribution in [2.75, 3.05) is 19.5 Å². The third-order valence-electron chi connectivity index (χ3n) is 3.73. The van der Waals surface area contributed by atoms with Gasteiger partial charge in [-0.25, -0.2) is 0 Å². The average molecular weight is 376 g/mol. The Kier molecular flexibility index (Phi) is 6.46. The summed E-state index contributed by atoms with van der Waals surface area (Å²) in [4.78, 5) is 23.7. The van der Waals surface area contributed by atoms with Crippen molar-refractivity contribution in [2.24, 2.45) is 0 Å². The minimum atomic E-state index is -0.489. The summed E-state index contributed by atoms with van der Waals surface area (Å²) in [5.41, 5.74) is 1.13. The lowest BCUT2D eigenvalue weighted by Gasteiger charge is -2.14. The molecule has 26 heavy (non-hydrogen) atoms. The largest absolute Gasteiger partial charge is 0.493 e. The molecule has 0 aliphatic rings. The van der Waals surface area contributed by atoms with Gasteiger partial charge in [-0.05, 0) is 37.6 Å². The van der Waals surface area contributed by atoms with Gasteiger partial charge in [-0.2, -0.15) is 0 Å². The Bertz CT molecular complexity index is 825. The van der Waals surface area contributed by atoms with Crippen LogP contribution in [0.2, 0.25) is 0 Å². The van der Waals surface area contributed by atoms with Crippen LogP contribution in [0, 0.1) is 17.0 Å². The van der Waals surface area contributed by atoms with Crippen molar-refractivity contribution in [3.05, 3.63) is 52.1 Å². The molecule has 0 saturated heterocycles. The molecule has 0 radical (unpaired) electrons. The number of anilines is 1. The molecule has 0 bridgehead atoms. The number of nitrogens with zero attached hydrogens (tertiary/aromatic N) is 1. The highest BCUT2D eigenvalue weighted by atomic mass is 32.2. The number of amides is 1. The predicted molar refractivity (Wildman–Crippen MR) is 101 cm³/mol. The minimum Gasteiger partial charge on any atom is -0.493 e. The summed E-state index contributed by atoms with van der Waals surface area (Å²) in [7, 11) is 3.11. The number of rotatable bonds is 7. The fourth-order valence-corrected chi connectivity index (χ4v) is 3.14. The van der Waals surface area contributed by atoms with Crippen molar-refractivity contribution in [1.29, 1.82) is 0 Å². The molecule has 2 rings (SSSR count). The Morgan fingerprint density at radius 2 is 1.85 bits per heavy atom. The fraction of sp³-hybridized carbons (Fsp3) is 0.278. The van der Waals surface area contributed by atoms with E-state index < -0.39 is 10.2 Å². The normalized spacial score (nSPS) is 11.5. The van der Waals surface area contributed by atoms with E-state index in [4.69, 9.17) is 9.47 Å². The van der Waals surface area contributed by atoms with E-state index in [1.807, 2.05) is 6.07 Å². The average Bonchev–Trinajstić information content (AvgIpc) is 2.62. The lowest BCUT2D eigenvalue weighted by atomic mass is 10.2. The Hall–Kier alpha value is -2.74. The second-order valence-corrected chi connectivity index (χ2v) is 6.94. The first-order chi connectivity index (χ1) is 12.3. The van der Waals surface area contributed by atoms with Gasteiger partial charge in [0.25, 0.3) is 5.69 Å². The Morgan fingerprint density at radius 3 is 2.46 bits per heavy atom. The van der Waals surface area contributed by atoms with Gasteiger partial charge in [-0.1, -0.05) is 6.07 Å². The first-order valence-corrected chi connectivity index (χ1v) is 8.68. The number of ether oxygens (including phenoxy) is 2. The fourth-order valence-electron chi connectivity index (χ4n) is 2.24. The molecule has 0 unspecified atom stereocenters. The number of aryl methyl sites for hydroxylation is 1. The van der Waals surface area contributed by atoms with Crippen molar-refractivity contribution >= 4 is 29.0 Å². The number of carbonyl (C=O) groups is 1. The van der Waals surface area contributed by atoms with E-state index in [-0.39, 0.29) is 11.6 Å². The van der Waals surface area contributed by atoms with Crippen molar-refractivity contribution in [3.8, 4) is 11.5 Å². The maximum atomic E-state index is 12.5. The summed E-state index contributed by atoms with van der Waals surface area (Å²) in [6.45, 7) is 3.55. The Morgan fingerprint density at radius 1 is 1.15 bits per heavy atom. The molecule has 0 aromatic heterocycles. The van der Waals surface area contributed by atoms with Gasteiger partial charge in [0.15, 0.2) is 11.5 Å². The standard InChI is InChI=1S/C18H20N2O5S/c1-11-5-6-13(20(22)23)9-15(11)19-18(21)12(2)26-14-7-8-16(24-3)17(10-14)25-4/h5-10,12H,1-4H3,(H,19,21)/t12-/m1/s1. The van der Waals surface area contributed by atoms with E-state index in [0.717, 1.165) is 10.5 Å². The lowest BCUT2D eigenvalue weighted by molar-refractivity contribution is -0.384. The molecule has 2 aromatic rings. The second kappa shape index (κ2) is 8.57. The first-order valence-electron chi connectivity index (χ1n) is 7.80. The zero-order valence-electron chi connectivity index (χ0n) is 14.9. The topological polar surface area (TPSA) is 90.7 Å². The zero-order chi connectivity index (χ0) is 19.3. The van der Waals surface area contributed by atoms with Crippen molar-refractivity contribution in [2.45, 2.75) is 24.0 Å². The van der Waals surface area contributed by atoms with Crippen LogP contribution in [0.15, 0.2) is 41.3 Å². The van der Waals surface area contributed by atoms with Crippen molar-refractivity contribution in [3.63, 3.8) is 0 Å². The molecule has 8 heteroatoms. The Labute approximate surface area is 155 Å². The van der Waals surface area contributed by atoms with Crippen LogP contribution >= 0.6 is 11.8 Å². The molecule has 7 nitrogen and oxygen atoms in total. The molecule has 138 valence electrons. The van der Waals surface area contributed by atoms with Gasteiger partial charge in [0.1, 0.15) is 0 Å². The van der Waals surface area contributed by atoms with Crippen molar-refractivity contribution < 1.29 is 19.2 Å². The van der Waals surface area contributed by atoms with Gasteiger partial charge >= 0.3 is 0 Å². The summed E-state index contributed by atoms with van der Waals surface area (Å²) < 4.78 is 10.5. The molecule has 0 saturated carbocycles. The number of nitro benzene ring substituents is 1. The maximum absolute atomic E-state index is 12.5. The van der Waals surface area contributed by atoms with E-state index in [2.05, 4.69) is 5.32 Å². The number of nitro groups is 1. The number of carbonyl (C=O) groups excluding carboxylic acids is 1. The molecule has 0 aliphatic heterocycles. The summed E-state index contributed by atoms with van der Waals surface area (Å²) in [6, 6.07) is 9.80. The van der Waals surface area contributed by atoms with Crippen LogP contribution in [-0.4, -0.2) is 30.3 Å². The van der Waals surface area contributed by atoms with Gasteiger partial charge in [-0.15, -0.1) is 11.8 Å².